The van der Waals surface area contributed by atoms with Crippen molar-refractivity contribution in [3.8, 4) is 0 Å². The van der Waals surface area contributed by atoms with E-state index in [1.54, 1.807) is 29.7 Å². The number of carbonyl (C=O) groups is 2. The van der Waals surface area contributed by atoms with Crippen LogP contribution >= 0.6 is 0 Å². The number of halogens is 1. The Balaban J connectivity index is 1.35. The zero-order valence-corrected chi connectivity index (χ0v) is 17.8. The fraction of sp³-hybridized carbons (Fsp3) is 0.333. The number of nitrogens with zero attached hydrogens (tertiary/aromatic N) is 2. The molecule has 2 aromatic carbocycles. The molecule has 3 amide bonds. The molecule has 31 heavy (non-hydrogen) atoms. The summed E-state index contributed by atoms with van der Waals surface area (Å²) in [7, 11) is 0. The Kier molecular flexibility index (Phi) is 5.54. The summed E-state index contributed by atoms with van der Waals surface area (Å²) in [5, 5.41) is 2.91. The molecule has 0 bridgehead atoms. The van der Waals surface area contributed by atoms with Crippen molar-refractivity contribution in [2.75, 3.05) is 18.4 Å². The van der Waals surface area contributed by atoms with Gasteiger partial charge in [-0.3, -0.25) is 4.79 Å². The highest BCUT2D eigenvalue weighted by Crippen LogP contribution is 2.26. The standard InChI is InChI=1S/C24H27FN4O2/c1-24(2,26)22(30)28-11-9-17(10-12-28)16-4-7-21(8-5-16)27-23(31)29-14-18-3-6-20(25)13-19(18)15-29/h3-9,13H,10-12,14-15,26H2,1-2H3,(H,27,31). The molecule has 162 valence electrons. The van der Waals surface area contributed by atoms with Crippen LogP contribution in [0.1, 0.15) is 37.0 Å². The van der Waals surface area contributed by atoms with E-state index in [-0.39, 0.29) is 17.8 Å². The number of rotatable bonds is 3. The van der Waals surface area contributed by atoms with Gasteiger partial charge in [-0.15, -0.1) is 0 Å². The van der Waals surface area contributed by atoms with E-state index >= 15 is 0 Å². The molecule has 4 rings (SSSR count). The summed E-state index contributed by atoms with van der Waals surface area (Å²) >= 11 is 0. The first-order valence-electron chi connectivity index (χ1n) is 10.4. The highest BCUT2D eigenvalue weighted by molar-refractivity contribution is 5.90. The predicted molar refractivity (Wildman–Crippen MR) is 119 cm³/mol. The number of nitrogens with one attached hydrogen (secondary N) is 1. The van der Waals surface area contributed by atoms with E-state index in [0.29, 0.717) is 31.9 Å². The van der Waals surface area contributed by atoms with Crippen molar-refractivity contribution in [1.29, 1.82) is 0 Å². The molecule has 0 radical (unpaired) electrons. The first kappa shape index (κ1) is 21.1. The lowest BCUT2D eigenvalue weighted by Crippen LogP contribution is -2.52. The van der Waals surface area contributed by atoms with Gasteiger partial charge in [-0.1, -0.05) is 24.3 Å². The minimum atomic E-state index is -0.865. The van der Waals surface area contributed by atoms with E-state index in [1.807, 2.05) is 24.3 Å². The molecule has 0 aromatic heterocycles. The van der Waals surface area contributed by atoms with Crippen molar-refractivity contribution >= 4 is 23.2 Å². The normalized spacial score (nSPS) is 16.1. The highest BCUT2D eigenvalue weighted by Gasteiger charge is 2.29. The molecule has 2 aliphatic rings. The largest absolute Gasteiger partial charge is 0.337 e. The summed E-state index contributed by atoms with van der Waals surface area (Å²) in [6, 6.07) is 12.1. The molecule has 2 aliphatic heterocycles. The van der Waals surface area contributed by atoms with E-state index in [4.69, 9.17) is 5.73 Å². The number of urea groups is 1. The van der Waals surface area contributed by atoms with Gasteiger partial charge in [0, 0.05) is 31.9 Å². The van der Waals surface area contributed by atoms with Crippen molar-refractivity contribution in [1.82, 2.24) is 9.80 Å². The maximum absolute atomic E-state index is 13.4. The molecule has 3 N–H and O–H groups in total. The van der Waals surface area contributed by atoms with Crippen LogP contribution in [0.25, 0.3) is 5.57 Å². The first-order valence-corrected chi connectivity index (χ1v) is 10.4. The van der Waals surface area contributed by atoms with Crippen LogP contribution in [-0.2, 0) is 17.9 Å². The first-order chi connectivity index (χ1) is 14.7. The topological polar surface area (TPSA) is 78.7 Å². The number of nitrogens with two attached hydrogens (primary N) is 1. The predicted octanol–water partition coefficient (Wildman–Crippen LogP) is 3.73. The van der Waals surface area contributed by atoms with Gasteiger partial charge in [0.15, 0.2) is 0 Å². The Morgan fingerprint density at radius 3 is 2.39 bits per heavy atom. The molecule has 6 nitrogen and oxygen atoms in total. The van der Waals surface area contributed by atoms with Crippen LogP contribution < -0.4 is 11.1 Å². The average molecular weight is 423 g/mol. The average Bonchev–Trinajstić information content (AvgIpc) is 3.17. The molecule has 0 unspecified atom stereocenters. The monoisotopic (exact) mass is 422 g/mol. The lowest BCUT2D eigenvalue weighted by atomic mass is 9.97. The van der Waals surface area contributed by atoms with Gasteiger partial charge in [0.1, 0.15) is 5.82 Å². The summed E-state index contributed by atoms with van der Waals surface area (Å²) in [5.41, 5.74) is 9.83. The third kappa shape index (κ3) is 4.61. The van der Waals surface area contributed by atoms with E-state index in [9.17, 15) is 14.0 Å². The lowest BCUT2D eigenvalue weighted by molar-refractivity contribution is -0.135. The Hall–Kier alpha value is -3.19. The van der Waals surface area contributed by atoms with Crippen LogP contribution in [0.5, 0.6) is 0 Å². The van der Waals surface area contributed by atoms with Crippen molar-refractivity contribution in [2.24, 2.45) is 5.73 Å². The molecule has 2 aromatic rings. The van der Waals surface area contributed by atoms with Crippen molar-refractivity contribution in [2.45, 2.75) is 38.9 Å². The number of amides is 3. The molecule has 7 heteroatoms. The third-order valence-corrected chi connectivity index (χ3v) is 5.73. The van der Waals surface area contributed by atoms with Crippen LogP contribution in [0.15, 0.2) is 48.5 Å². The molecule has 0 atom stereocenters. The second kappa shape index (κ2) is 8.15. The Morgan fingerprint density at radius 2 is 1.74 bits per heavy atom. The molecule has 0 fully saturated rings. The van der Waals surface area contributed by atoms with Crippen LogP contribution in [0.3, 0.4) is 0 Å². The molecule has 0 saturated carbocycles. The summed E-state index contributed by atoms with van der Waals surface area (Å²) in [6.45, 7) is 5.50. The second-order valence-corrected chi connectivity index (χ2v) is 8.73. The summed E-state index contributed by atoms with van der Waals surface area (Å²) in [5.74, 6) is -0.333. The maximum atomic E-state index is 13.4. The quantitative estimate of drug-likeness (QED) is 0.791. The number of anilines is 1. The van der Waals surface area contributed by atoms with Crippen LogP contribution in [-0.4, -0.2) is 40.4 Å². The van der Waals surface area contributed by atoms with Gasteiger partial charge in [-0.05, 0) is 66.8 Å². The molecular formula is C24H27FN4O2. The smallest absolute Gasteiger partial charge is 0.322 e. The fourth-order valence-corrected chi connectivity index (χ4v) is 4.00. The summed E-state index contributed by atoms with van der Waals surface area (Å²) in [4.78, 5) is 28.3. The van der Waals surface area contributed by atoms with Gasteiger partial charge in [0.2, 0.25) is 5.91 Å². The fourth-order valence-electron chi connectivity index (χ4n) is 4.00. The van der Waals surface area contributed by atoms with Gasteiger partial charge >= 0.3 is 6.03 Å². The Bertz CT molecular complexity index is 1040. The zero-order valence-electron chi connectivity index (χ0n) is 17.8. The zero-order chi connectivity index (χ0) is 22.2. The van der Waals surface area contributed by atoms with E-state index in [1.165, 1.54) is 17.7 Å². The van der Waals surface area contributed by atoms with E-state index in [0.717, 1.165) is 23.1 Å². The number of hydrogen-bond acceptors (Lipinski definition) is 3. The number of carbonyl (C=O) groups excluding carboxylic acids is 2. The molecule has 2 heterocycles. The highest BCUT2D eigenvalue weighted by atomic mass is 19.1. The van der Waals surface area contributed by atoms with Crippen LogP contribution in [0.4, 0.5) is 14.9 Å². The molecule has 0 saturated heterocycles. The minimum absolute atomic E-state index is 0.0485. The van der Waals surface area contributed by atoms with Gasteiger partial charge in [-0.25, -0.2) is 9.18 Å². The van der Waals surface area contributed by atoms with Crippen LogP contribution in [0.2, 0.25) is 0 Å². The van der Waals surface area contributed by atoms with Gasteiger partial charge in [-0.2, -0.15) is 0 Å². The van der Waals surface area contributed by atoms with Crippen molar-refractivity contribution < 1.29 is 14.0 Å². The SMILES string of the molecule is CC(C)(N)C(=O)N1CC=C(c2ccc(NC(=O)N3Cc4ccc(F)cc4C3)cc2)CC1. The third-order valence-electron chi connectivity index (χ3n) is 5.73. The van der Waals surface area contributed by atoms with E-state index < -0.39 is 5.54 Å². The number of fused-ring (bicyclic) bond motifs is 1. The van der Waals surface area contributed by atoms with Crippen LogP contribution in [0, 0.1) is 5.82 Å². The second-order valence-electron chi connectivity index (χ2n) is 8.73. The van der Waals surface area contributed by atoms with Crippen molar-refractivity contribution in [3.63, 3.8) is 0 Å². The Labute approximate surface area is 181 Å². The summed E-state index contributed by atoms with van der Waals surface area (Å²) < 4.78 is 13.4. The molecule has 0 spiro atoms. The molecule has 0 aliphatic carbocycles. The van der Waals surface area contributed by atoms with Gasteiger partial charge < -0.3 is 20.9 Å². The van der Waals surface area contributed by atoms with E-state index in [2.05, 4.69) is 11.4 Å². The maximum Gasteiger partial charge on any atom is 0.322 e. The number of hydrogen-bond donors (Lipinski definition) is 2. The number of benzene rings is 2. The van der Waals surface area contributed by atoms with Gasteiger partial charge in [0.05, 0.1) is 5.54 Å². The summed E-state index contributed by atoms with van der Waals surface area (Å²) in [6.07, 6.45) is 2.82. The van der Waals surface area contributed by atoms with Gasteiger partial charge in [0.25, 0.3) is 0 Å². The van der Waals surface area contributed by atoms with Crippen molar-refractivity contribution in [3.05, 3.63) is 71.0 Å². The lowest BCUT2D eigenvalue weighted by Gasteiger charge is -2.31. The molecular weight excluding hydrogens is 395 g/mol. The Morgan fingerprint density at radius 1 is 1.03 bits per heavy atom. The minimum Gasteiger partial charge on any atom is -0.337 e.